The summed E-state index contributed by atoms with van der Waals surface area (Å²) in [5.74, 6) is -1.29. The van der Waals surface area contributed by atoms with E-state index in [1.165, 1.54) is 6.92 Å². The summed E-state index contributed by atoms with van der Waals surface area (Å²) in [5, 5.41) is 10.6. The minimum atomic E-state index is -4.48. The first-order valence-electron chi connectivity index (χ1n) is 5.07. The lowest BCUT2D eigenvalue weighted by Gasteiger charge is -2.25. The van der Waals surface area contributed by atoms with Crippen LogP contribution in [-0.4, -0.2) is 46.8 Å². The molecule has 0 aromatic rings. The smallest absolute Gasteiger partial charge is 0.406 e. The van der Waals surface area contributed by atoms with E-state index in [0.717, 1.165) is 0 Å². The predicted molar refractivity (Wildman–Crippen MR) is 51.4 cm³/mol. The van der Waals surface area contributed by atoms with Gasteiger partial charge in [0, 0.05) is 6.04 Å². The second-order valence-electron chi connectivity index (χ2n) is 3.98. The summed E-state index contributed by atoms with van der Waals surface area (Å²) in [5.41, 5.74) is 0. The monoisotopic (exact) mass is 254 g/mol. The zero-order chi connectivity index (χ0) is 13.2. The second kappa shape index (κ2) is 4.80. The average Bonchev–Trinajstić information content (AvgIpc) is 2.95. The van der Waals surface area contributed by atoms with Gasteiger partial charge in [-0.2, -0.15) is 13.2 Å². The van der Waals surface area contributed by atoms with Crippen molar-refractivity contribution in [1.29, 1.82) is 0 Å². The number of aliphatic carboxylic acids is 1. The van der Waals surface area contributed by atoms with Gasteiger partial charge in [-0.25, -0.2) is 4.79 Å². The molecule has 2 amide bonds. The number of carboxylic acids is 1. The van der Waals surface area contributed by atoms with Crippen molar-refractivity contribution in [3.8, 4) is 0 Å². The van der Waals surface area contributed by atoms with Gasteiger partial charge in [-0.05, 0) is 19.8 Å². The van der Waals surface area contributed by atoms with Gasteiger partial charge >= 0.3 is 18.2 Å². The van der Waals surface area contributed by atoms with Crippen molar-refractivity contribution in [1.82, 2.24) is 10.2 Å². The summed E-state index contributed by atoms with van der Waals surface area (Å²) in [6, 6.07) is -2.63. The molecule has 0 heterocycles. The van der Waals surface area contributed by atoms with Gasteiger partial charge in [0.05, 0.1) is 0 Å². The van der Waals surface area contributed by atoms with E-state index in [2.05, 4.69) is 0 Å². The third-order valence-electron chi connectivity index (χ3n) is 2.31. The van der Waals surface area contributed by atoms with Gasteiger partial charge in [-0.1, -0.05) is 0 Å². The summed E-state index contributed by atoms with van der Waals surface area (Å²) >= 11 is 0. The number of nitrogens with one attached hydrogen (secondary N) is 1. The number of carbonyl (C=O) groups excluding carboxylic acids is 1. The van der Waals surface area contributed by atoms with Crippen LogP contribution < -0.4 is 5.32 Å². The molecule has 0 aliphatic heterocycles. The molecule has 0 radical (unpaired) electrons. The third-order valence-corrected chi connectivity index (χ3v) is 2.31. The number of amides is 2. The number of alkyl halides is 3. The quantitative estimate of drug-likeness (QED) is 0.791. The molecule has 0 saturated heterocycles. The molecular formula is C9H13F3N2O3. The molecule has 17 heavy (non-hydrogen) atoms. The molecule has 2 N–H and O–H groups in total. The van der Waals surface area contributed by atoms with Gasteiger partial charge in [0.25, 0.3) is 0 Å². The van der Waals surface area contributed by atoms with Crippen LogP contribution in [0, 0.1) is 0 Å². The number of rotatable bonds is 4. The van der Waals surface area contributed by atoms with Gasteiger partial charge in [0.2, 0.25) is 0 Å². The number of hydrogen-bond acceptors (Lipinski definition) is 2. The molecule has 0 spiro atoms. The van der Waals surface area contributed by atoms with E-state index in [0.29, 0.717) is 17.7 Å². The molecule has 0 unspecified atom stereocenters. The molecule has 1 saturated carbocycles. The number of hydrogen-bond donors (Lipinski definition) is 2. The summed E-state index contributed by atoms with van der Waals surface area (Å²) < 4.78 is 36.6. The minimum absolute atomic E-state index is 0.433. The largest absolute Gasteiger partial charge is 0.480 e. The maximum absolute atomic E-state index is 12.2. The van der Waals surface area contributed by atoms with Crippen LogP contribution in [0.15, 0.2) is 0 Å². The molecule has 1 atom stereocenters. The van der Waals surface area contributed by atoms with Gasteiger partial charge in [-0.15, -0.1) is 0 Å². The Hall–Kier alpha value is -1.47. The maximum atomic E-state index is 12.2. The standard InChI is InChI=1S/C9H13F3N2O3/c1-5(7(15)16)13-8(17)14(6-2-3-6)4-9(10,11)12/h5-6H,2-4H2,1H3,(H,13,17)(H,15,16)/t5-/m1/s1. The average molecular weight is 254 g/mol. The van der Waals surface area contributed by atoms with Crippen LogP contribution in [0.2, 0.25) is 0 Å². The zero-order valence-electron chi connectivity index (χ0n) is 9.12. The van der Waals surface area contributed by atoms with Gasteiger partial charge in [0.1, 0.15) is 12.6 Å². The van der Waals surface area contributed by atoms with Crippen molar-refractivity contribution < 1.29 is 27.9 Å². The summed E-state index contributed by atoms with van der Waals surface area (Å²) in [4.78, 5) is 22.6. The Balaban J connectivity index is 2.58. The van der Waals surface area contributed by atoms with E-state index < -0.39 is 36.8 Å². The molecule has 1 aliphatic carbocycles. The number of urea groups is 1. The Labute approximate surface area is 95.6 Å². The van der Waals surface area contributed by atoms with Crippen molar-refractivity contribution in [3.63, 3.8) is 0 Å². The summed E-state index contributed by atoms with van der Waals surface area (Å²) in [6.07, 6.45) is -3.44. The Morgan fingerprint density at radius 2 is 2.00 bits per heavy atom. The van der Waals surface area contributed by atoms with Crippen LogP contribution in [0.5, 0.6) is 0 Å². The Morgan fingerprint density at radius 3 is 2.35 bits per heavy atom. The summed E-state index contributed by atoms with van der Waals surface area (Å²) in [7, 11) is 0. The first-order chi connectivity index (χ1) is 7.70. The van der Waals surface area contributed by atoms with E-state index in [4.69, 9.17) is 5.11 Å². The molecule has 1 aliphatic rings. The lowest BCUT2D eigenvalue weighted by molar-refractivity contribution is -0.141. The van der Waals surface area contributed by atoms with E-state index in [1.54, 1.807) is 0 Å². The molecule has 98 valence electrons. The molecule has 1 fully saturated rings. The normalized spacial score (nSPS) is 17.4. The first-order valence-corrected chi connectivity index (χ1v) is 5.07. The molecule has 0 aromatic carbocycles. The van der Waals surface area contributed by atoms with Gasteiger partial charge < -0.3 is 15.3 Å². The van der Waals surface area contributed by atoms with E-state index in [9.17, 15) is 22.8 Å². The molecular weight excluding hydrogens is 241 g/mol. The zero-order valence-corrected chi connectivity index (χ0v) is 9.12. The van der Waals surface area contributed by atoms with Gasteiger partial charge in [0.15, 0.2) is 0 Å². The fraction of sp³-hybridized carbons (Fsp3) is 0.778. The van der Waals surface area contributed by atoms with Crippen LogP contribution in [0.4, 0.5) is 18.0 Å². The van der Waals surface area contributed by atoms with E-state index in [-0.39, 0.29) is 0 Å². The maximum Gasteiger partial charge on any atom is 0.406 e. The van der Waals surface area contributed by atoms with Crippen molar-refractivity contribution in [2.24, 2.45) is 0 Å². The van der Waals surface area contributed by atoms with Crippen molar-refractivity contribution in [2.45, 2.75) is 38.0 Å². The minimum Gasteiger partial charge on any atom is -0.480 e. The van der Waals surface area contributed by atoms with Crippen molar-refractivity contribution in [3.05, 3.63) is 0 Å². The number of halogens is 3. The third kappa shape index (κ3) is 4.49. The van der Waals surface area contributed by atoms with Gasteiger partial charge in [-0.3, -0.25) is 4.79 Å². The van der Waals surface area contributed by atoms with Crippen molar-refractivity contribution in [2.75, 3.05) is 6.54 Å². The highest BCUT2D eigenvalue weighted by atomic mass is 19.4. The van der Waals surface area contributed by atoms with Crippen molar-refractivity contribution >= 4 is 12.0 Å². The lowest BCUT2D eigenvalue weighted by atomic mass is 10.3. The van der Waals surface area contributed by atoms with Crippen LogP contribution >= 0.6 is 0 Å². The fourth-order valence-electron chi connectivity index (χ4n) is 1.28. The molecule has 1 rings (SSSR count). The highest BCUT2D eigenvalue weighted by molar-refractivity contribution is 5.82. The number of carbonyl (C=O) groups is 2. The predicted octanol–water partition coefficient (Wildman–Crippen LogP) is 1.20. The first kappa shape index (κ1) is 13.6. The van der Waals surface area contributed by atoms with E-state index >= 15 is 0 Å². The second-order valence-corrected chi connectivity index (χ2v) is 3.98. The highest BCUT2D eigenvalue weighted by Crippen LogP contribution is 2.30. The molecule has 5 nitrogen and oxygen atoms in total. The highest BCUT2D eigenvalue weighted by Gasteiger charge is 2.41. The Morgan fingerprint density at radius 1 is 1.47 bits per heavy atom. The van der Waals surface area contributed by atoms with E-state index in [1.807, 2.05) is 5.32 Å². The Bertz CT molecular complexity index is 315. The number of carboxylic acid groups (broad SMARTS) is 1. The SMILES string of the molecule is C[C@@H](NC(=O)N(CC(F)(F)F)C1CC1)C(=O)O. The molecule has 8 heteroatoms. The van der Waals surface area contributed by atoms with Crippen LogP contribution in [-0.2, 0) is 4.79 Å². The van der Waals surface area contributed by atoms with Crippen LogP contribution in [0.3, 0.4) is 0 Å². The number of nitrogens with zero attached hydrogens (tertiary/aromatic N) is 1. The fourth-order valence-corrected chi connectivity index (χ4v) is 1.28. The topological polar surface area (TPSA) is 69.6 Å². The molecule has 0 aromatic heterocycles. The Kier molecular flexibility index (Phi) is 3.84. The molecule has 0 bridgehead atoms. The summed E-state index contributed by atoms with van der Waals surface area (Å²) in [6.45, 7) is -0.158. The van der Waals surface area contributed by atoms with Crippen LogP contribution in [0.25, 0.3) is 0 Å². The van der Waals surface area contributed by atoms with Crippen LogP contribution in [0.1, 0.15) is 19.8 Å². The lowest BCUT2D eigenvalue weighted by Crippen LogP contribution is -2.50.